The van der Waals surface area contributed by atoms with Gasteiger partial charge in [0.05, 0.1) is 0 Å². The Bertz CT molecular complexity index is 547. The van der Waals surface area contributed by atoms with Gasteiger partial charge in [-0.2, -0.15) is 0 Å². The molecule has 0 bridgehead atoms. The van der Waals surface area contributed by atoms with E-state index < -0.39 is 0 Å². The molecule has 3 nitrogen and oxygen atoms in total. The van der Waals surface area contributed by atoms with E-state index in [4.69, 9.17) is 0 Å². The molecule has 0 aliphatic rings. The smallest absolute Gasteiger partial charge is 0.127 e. The van der Waals surface area contributed by atoms with Crippen LogP contribution in [0.3, 0.4) is 0 Å². The van der Waals surface area contributed by atoms with E-state index in [0.717, 1.165) is 12.0 Å². The molecule has 0 aliphatic heterocycles. The third kappa shape index (κ3) is 2.18. The Morgan fingerprint density at radius 2 is 1.41 bits per heavy atom. The van der Waals surface area contributed by atoms with Gasteiger partial charge in [0, 0.05) is 17.2 Å². The summed E-state index contributed by atoms with van der Waals surface area (Å²) in [5.41, 5.74) is 2.09. The van der Waals surface area contributed by atoms with Crippen molar-refractivity contribution in [2.24, 2.45) is 0 Å². The predicted octanol–water partition coefficient (Wildman–Crippen LogP) is 3.03. The molecule has 0 saturated carbocycles. The minimum absolute atomic E-state index is 0.00378. The molecule has 0 amide bonds. The molecule has 88 valence electrons. The second-order valence-electron chi connectivity index (χ2n) is 3.91. The monoisotopic (exact) mass is 230 g/mol. The highest BCUT2D eigenvalue weighted by atomic mass is 16.3. The van der Waals surface area contributed by atoms with Gasteiger partial charge in [-0.15, -0.1) is 0 Å². The normalized spacial score (nSPS) is 10.4. The van der Waals surface area contributed by atoms with E-state index >= 15 is 0 Å². The van der Waals surface area contributed by atoms with Crippen LogP contribution in [0.5, 0.6) is 17.2 Å². The topological polar surface area (TPSA) is 60.7 Å². The summed E-state index contributed by atoms with van der Waals surface area (Å²) in [4.78, 5) is 0. The largest absolute Gasteiger partial charge is 0.508 e. The summed E-state index contributed by atoms with van der Waals surface area (Å²) in [5.74, 6) is 0.0748. The first-order valence-electron chi connectivity index (χ1n) is 5.46. The van der Waals surface area contributed by atoms with Gasteiger partial charge < -0.3 is 15.3 Å². The molecule has 2 aromatic carbocycles. The molecule has 0 heterocycles. The molecule has 0 radical (unpaired) electrons. The van der Waals surface area contributed by atoms with Crippen molar-refractivity contribution in [1.82, 2.24) is 0 Å². The van der Waals surface area contributed by atoms with Gasteiger partial charge in [0.2, 0.25) is 0 Å². The molecule has 0 unspecified atom stereocenters. The van der Waals surface area contributed by atoms with Gasteiger partial charge in [-0.3, -0.25) is 0 Å². The van der Waals surface area contributed by atoms with E-state index in [1.165, 1.54) is 12.1 Å². The molecule has 17 heavy (non-hydrogen) atoms. The molecule has 0 aliphatic carbocycles. The van der Waals surface area contributed by atoms with Crippen molar-refractivity contribution in [2.75, 3.05) is 0 Å². The lowest BCUT2D eigenvalue weighted by atomic mass is 10.0. The maximum absolute atomic E-state index is 9.90. The number of hydrogen-bond acceptors (Lipinski definition) is 3. The van der Waals surface area contributed by atoms with Gasteiger partial charge >= 0.3 is 0 Å². The Balaban J connectivity index is 2.53. The second-order valence-corrected chi connectivity index (χ2v) is 3.91. The summed E-state index contributed by atoms with van der Waals surface area (Å²) in [6.07, 6.45) is 0.843. The number of phenolic OH excluding ortho intramolecular Hbond substituents is 3. The quantitative estimate of drug-likeness (QED) is 0.743. The average Bonchev–Trinajstić information content (AvgIpc) is 2.30. The van der Waals surface area contributed by atoms with Crippen molar-refractivity contribution < 1.29 is 15.3 Å². The van der Waals surface area contributed by atoms with Gasteiger partial charge in [-0.05, 0) is 30.2 Å². The maximum atomic E-state index is 9.90. The van der Waals surface area contributed by atoms with Crippen LogP contribution in [0, 0.1) is 0 Å². The Labute approximate surface area is 99.6 Å². The van der Waals surface area contributed by atoms with E-state index in [9.17, 15) is 15.3 Å². The standard InChI is InChI=1S/C14H14O3/c1-2-9-3-5-11(13(16)7-9)12-6-4-10(15)8-14(12)17/h3-8,15-17H,2H2,1H3. The predicted molar refractivity (Wildman–Crippen MR) is 66.3 cm³/mol. The van der Waals surface area contributed by atoms with Crippen LogP contribution in [0.25, 0.3) is 11.1 Å². The molecule has 3 N–H and O–H groups in total. The molecule has 0 aromatic heterocycles. The van der Waals surface area contributed by atoms with Gasteiger partial charge in [0.1, 0.15) is 17.2 Å². The van der Waals surface area contributed by atoms with Gasteiger partial charge in [-0.1, -0.05) is 19.1 Å². The van der Waals surface area contributed by atoms with Crippen LogP contribution in [-0.4, -0.2) is 15.3 Å². The molecule has 2 rings (SSSR count). The first-order valence-corrected chi connectivity index (χ1v) is 5.46. The van der Waals surface area contributed by atoms with Crippen LogP contribution in [0.1, 0.15) is 12.5 Å². The molecular weight excluding hydrogens is 216 g/mol. The van der Waals surface area contributed by atoms with Crippen molar-refractivity contribution in [3.63, 3.8) is 0 Å². The lowest BCUT2D eigenvalue weighted by molar-refractivity contribution is 0.450. The molecule has 3 heteroatoms. The van der Waals surface area contributed by atoms with Crippen molar-refractivity contribution in [2.45, 2.75) is 13.3 Å². The molecular formula is C14H14O3. The Hall–Kier alpha value is -2.16. The zero-order valence-corrected chi connectivity index (χ0v) is 9.51. The molecule has 0 saturated heterocycles. The van der Waals surface area contributed by atoms with Crippen molar-refractivity contribution in [1.29, 1.82) is 0 Å². The minimum Gasteiger partial charge on any atom is -0.508 e. The average molecular weight is 230 g/mol. The Morgan fingerprint density at radius 1 is 0.824 bits per heavy atom. The van der Waals surface area contributed by atoms with Gasteiger partial charge in [0.25, 0.3) is 0 Å². The van der Waals surface area contributed by atoms with Crippen LogP contribution in [0.4, 0.5) is 0 Å². The van der Waals surface area contributed by atoms with E-state index in [2.05, 4.69) is 0 Å². The second kappa shape index (κ2) is 4.37. The zero-order valence-electron chi connectivity index (χ0n) is 9.51. The summed E-state index contributed by atoms with van der Waals surface area (Å²) < 4.78 is 0. The summed E-state index contributed by atoms with van der Waals surface area (Å²) in [7, 11) is 0. The minimum atomic E-state index is -0.0513. The molecule has 0 spiro atoms. The van der Waals surface area contributed by atoms with Crippen molar-refractivity contribution in [3.8, 4) is 28.4 Å². The highest BCUT2D eigenvalue weighted by Gasteiger charge is 2.09. The highest BCUT2D eigenvalue weighted by molar-refractivity contribution is 5.76. The SMILES string of the molecule is CCc1ccc(-c2ccc(O)cc2O)c(O)c1. The third-order valence-electron chi connectivity index (χ3n) is 2.74. The highest BCUT2D eigenvalue weighted by Crippen LogP contribution is 2.37. The number of rotatable bonds is 2. The van der Waals surface area contributed by atoms with Gasteiger partial charge in [-0.25, -0.2) is 0 Å². The van der Waals surface area contributed by atoms with E-state index in [0.29, 0.717) is 11.1 Å². The maximum Gasteiger partial charge on any atom is 0.127 e. The summed E-state index contributed by atoms with van der Waals surface area (Å²) in [5, 5.41) is 28.8. The van der Waals surface area contributed by atoms with Crippen LogP contribution in [0.15, 0.2) is 36.4 Å². The number of phenols is 3. The summed E-state index contributed by atoms with van der Waals surface area (Å²) >= 11 is 0. The first-order chi connectivity index (χ1) is 8.11. The zero-order chi connectivity index (χ0) is 12.4. The number of hydrogen-bond donors (Lipinski definition) is 3. The van der Waals surface area contributed by atoms with Crippen LogP contribution in [0.2, 0.25) is 0 Å². The number of aromatic hydroxyl groups is 3. The van der Waals surface area contributed by atoms with E-state index in [-0.39, 0.29) is 17.2 Å². The van der Waals surface area contributed by atoms with Crippen LogP contribution >= 0.6 is 0 Å². The number of benzene rings is 2. The van der Waals surface area contributed by atoms with E-state index in [1.54, 1.807) is 18.2 Å². The van der Waals surface area contributed by atoms with Crippen LogP contribution in [-0.2, 0) is 6.42 Å². The summed E-state index contributed by atoms with van der Waals surface area (Å²) in [6, 6.07) is 9.65. The Morgan fingerprint density at radius 3 is 1.94 bits per heavy atom. The lowest BCUT2D eigenvalue weighted by Crippen LogP contribution is -1.84. The first kappa shape index (κ1) is 11.3. The fourth-order valence-corrected chi connectivity index (χ4v) is 1.77. The lowest BCUT2D eigenvalue weighted by Gasteiger charge is -2.08. The molecule has 2 aromatic rings. The third-order valence-corrected chi connectivity index (χ3v) is 2.74. The summed E-state index contributed by atoms with van der Waals surface area (Å²) in [6.45, 7) is 2.01. The fourth-order valence-electron chi connectivity index (χ4n) is 1.77. The number of aryl methyl sites for hydroxylation is 1. The van der Waals surface area contributed by atoms with Crippen molar-refractivity contribution >= 4 is 0 Å². The van der Waals surface area contributed by atoms with E-state index in [1.807, 2.05) is 13.0 Å². The Kier molecular flexibility index (Phi) is 2.91. The fraction of sp³-hybridized carbons (Fsp3) is 0.143. The molecule has 0 atom stereocenters. The van der Waals surface area contributed by atoms with Crippen molar-refractivity contribution in [3.05, 3.63) is 42.0 Å². The van der Waals surface area contributed by atoms with Crippen LogP contribution < -0.4 is 0 Å². The van der Waals surface area contributed by atoms with Gasteiger partial charge in [0.15, 0.2) is 0 Å². The molecule has 0 fully saturated rings.